The molecule has 1 fully saturated rings. The summed E-state index contributed by atoms with van der Waals surface area (Å²) in [4.78, 5) is 10.9. The second-order valence-electron chi connectivity index (χ2n) is 5.94. The highest BCUT2D eigenvalue weighted by molar-refractivity contribution is 5.07. The van der Waals surface area contributed by atoms with Gasteiger partial charge in [-0.25, -0.2) is 4.98 Å². The monoisotopic (exact) mass is 301 g/mol. The highest BCUT2D eigenvalue weighted by atomic mass is 16.5. The molecule has 0 spiro atoms. The van der Waals surface area contributed by atoms with Gasteiger partial charge in [0.2, 0.25) is 5.88 Å². The zero-order valence-corrected chi connectivity index (χ0v) is 13.3. The van der Waals surface area contributed by atoms with Crippen LogP contribution in [0, 0.1) is 13.8 Å². The lowest BCUT2D eigenvalue weighted by atomic mass is 10.1. The summed E-state index contributed by atoms with van der Waals surface area (Å²) in [5, 5.41) is 4.33. The number of hydrogen-bond acceptors (Lipinski definition) is 5. The summed E-state index contributed by atoms with van der Waals surface area (Å²) in [7, 11) is 0. The van der Waals surface area contributed by atoms with Gasteiger partial charge in [0.15, 0.2) is 0 Å². The minimum Gasteiger partial charge on any atom is -0.473 e. The van der Waals surface area contributed by atoms with Crippen molar-refractivity contribution in [1.29, 1.82) is 0 Å². The standard InChI is InChI=1S/C16H23N5O/c1-13-9-18-21(12-13)8-7-20-5-3-15(4-6-20)22-16-11-17-10-14(2)19-16/h9-12,15H,3-8H2,1-2H3. The number of likely N-dealkylation sites (tertiary alicyclic amines) is 1. The van der Waals surface area contributed by atoms with Gasteiger partial charge >= 0.3 is 0 Å². The third-order valence-corrected chi connectivity index (χ3v) is 3.96. The van der Waals surface area contributed by atoms with E-state index in [0.717, 1.165) is 44.7 Å². The van der Waals surface area contributed by atoms with Crippen LogP contribution in [0.15, 0.2) is 24.8 Å². The molecule has 3 rings (SSSR count). The van der Waals surface area contributed by atoms with Crippen molar-refractivity contribution in [3.8, 4) is 5.88 Å². The maximum absolute atomic E-state index is 5.93. The summed E-state index contributed by atoms with van der Waals surface area (Å²) in [5.74, 6) is 0.644. The van der Waals surface area contributed by atoms with Gasteiger partial charge in [0.05, 0.1) is 24.6 Å². The average molecular weight is 301 g/mol. The van der Waals surface area contributed by atoms with E-state index in [4.69, 9.17) is 4.74 Å². The molecule has 1 aliphatic heterocycles. The Balaban J connectivity index is 1.42. The summed E-state index contributed by atoms with van der Waals surface area (Å²) in [5.41, 5.74) is 2.11. The van der Waals surface area contributed by atoms with E-state index in [1.807, 2.05) is 17.8 Å². The quantitative estimate of drug-likeness (QED) is 0.843. The molecule has 0 unspecified atom stereocenters. The van der Waals surface area contributed by atoms with Gasteiger partial charge in [-0.3, -0.25) is 9.67 Å². The predicted octanol–water partition coefficient (Wildman–Crippen LogP) is 1.83. The molecule has 1 saturated heterocycles. The van der Waals surface area contributed by atoms with E-state index in [9.17, 15) is 0 Å². The van der Waals surface area contributed by atoms with Crippen LogP contribution in [-0.2, 0) is 6.54 Å². The molecule has 118 valence electrons. The van der Waals surface area contributed by atoms with Crippen LogP contribution in [-0.4, -0.2) is 50.4 Å². The van der Waals surface area contributed by atoms with Gasteiger partial charge in [-0.15, -0.1) is 0 Å². The van der Waals surface area contributed by atoms with Crippen molar-refractivity contribution in [1.82, 2.24) is 24.6 Å². The highest BCUT2D eigenvalue weighted by Crippen LogP contribution is 2.16. The Morgan fingerprint density at radius 1 is 1.14 bits per heavy atom. The third kappa shape index (κ3) is 4.04. The van der Waals surface area contributed by atoms with Gasteiger partial charge in [0.1, 0.15) is 6.10 Å². The molecule has 2 aromatic heterocycles. The molecule has 0 aromatic carbocycles. The van der Waals surface area contributed by atoms with Crippen LogP contribution >= 0.6 is 0 Å². The molecule has 0 amide bonds. The van der Waals surface area contributed by atoms with Crippen LogP contribution in [0.5, 0.6) is 5.88 Å². The number of ether oxygens (including phenoxy) is 1. The van der Waals surface area contributed by atoms with Crippen LogP contribution in [0.4, 0.5) is 0 Å². The SMILES string of the molecule is Cc1cnn(CCN2CCC(Oc3cncc(C)n3)CC2)c1. The van der Waals surface area contributed by atoms with Crippen molar-refractivity contribution in [2.24, 2.45) is 0 Å². The van der Waals surface area contributed by atoms with Crippen LogP contribution in [0.25, 0.3) is 0 Å². The number of hydrogen-bond donors (Lipinski definition) is 0. The van der Waals surface area contributed by atoms with Crippen molar-refractivity contribution in [2.75, 3.05) is 19.6 Å². The van der Waals surface area contributed by atoms with Crippen molar-refractivity contribution < 1.29 is 4.74 Å². The number of aryl methyl sites for hydroxylation is 2. The van der Waals surface area contributed by atoms with Crippen LogP contribution in [0.2, 0.25) is 0 Å². The second kappa shape index (κ2) is 6.87. The summed E-state index contributed by atoms with van der Waals surface area (Å²) in [6, 6.07) is 0. The van der Waals surface area contributed by atoms with Crippen molar-refractivity contribution in [2.45, 2.75) is 39.3 Å². The second-order valence-corrected chi connectivity index (χ2v) is 5.94. The third-order valence-electron chi connectivity index (χ3n) is 3.96. The molecule has 0 aliphatic carbocycles. The predicted molar refractivity (Wildman–Crippen MR) is 83.8 cm³/mol. The number of rotatable bonds is 5. The Labute approximate surface area is 131 Å². The molecule has 0 saturated carbocycles. The molecule has 6 heteroatoms. The van der Waals surface area contributed by atoms with E-state index in [-0.39, 0.29) is 6.10 Å². The molecule has 0 atom stereocenters. The Hall–Kier alpha value is -1.95. The molecule has 22 heavy (non-hydrogen) atoms. The van der Waals surface area contributed by atoms with Crippen LogP contribution in [0.3, 0.4) is 0 Å². The molecule has 2 aromatic rings. The van der Waals surface area contributed by atoms with E-state index < -0.39 is 0 Å². The first kappa shape index (κ1) is 15.0. The summed E-state index contributed by atoms with van der Waals surface area (Å²) < 4.78 is 7.95. The Morgan fingerprint density at radius 3 is 2.64 bits per heavy atom. The maximum Gasteiger partial charge on any atom is 0.232 e. The molecular weight excluding hydrogens is 278 g/mol. The minimum absolute atomic E-state index is 0.249. The Kier molecular flexibility index (Phi) is 4.68. The van der Waals surface area contributed by atoms with E-state index in [0.29, 0.717) is 5.88 Å². The molecule has 0 radical (unpaired) electrons. The molecule has 3 heterocycles. The largest absolute Gasteiger partial charge is 0.473 e. The lowest BCUT2D eigenvalue weighted by Gasteiger charge is -2.31. The topological polar surface area (TPSA) is 56.1 Å². The average Bonchev–Trinajstić information content (AvgIpc) is 2.92. The van der Waals surface area contributed by atoms with E-state index in [2.05, 4.69) is 33.1 Å². The van der Waals surface area contributed by atoms with Gasteiger partial charge in [0.25, 0.3) is 0 Å². The zero-order chi connectivity index (χ0) is 15.4. The fraction of sp³-hybridized carbons (Fsp3) is 0.562. The lowest BCUT2D eigenvalue weighted by molar-refractivity contribution is 0.0939. The molecule has 0 N–H and O–H groups in total. The van der Waals surface area contributed by atoms with Gasteiger partial charge in [-0.2, -0.15) is 5.10 Å². The van der Waals surface area contributed by atoms with E-state index >= 15 is 0 Å². The first-order valence-electron chi connectivity index (χ1n) is 7.86. The summed E-state index contributed by atoms with van der Waals surface area (Å²) in [6.07, 6.45) is 9.75. The fourth-order valence-corrected chi connectivity index (χ4v) is 2.75. The smallest absolute Gasteiger partial charge is 0.232 e. The Morgan fingerprint density at radius 2 is 1.95 bits per heavy atom. The normalized spacial score (nSPS) is 16.8. The molecule has 6 nitrogen and oxygen atoms in total. The highest BCUT2D eigenvalue weighted by Gasteiger charge is 2.20. The van der Waals surface area contributed by atoms with Crippen molar-refractivity contribution in [3.05, 3.63) is 36.0 Å². The van der Waals surface area contributed by atoms with Crippen LogP contribution < -0.4 is 4.74 Å². The number of piperidine rings is 1. The first-order chi connectivity index (χ1) is 10.7. The Bertz CT molecular complexity index is 604. The first-order valence-corrected chi connectivity index (χ1v) is 7.86. The lowest BCUT2D eigenvalue weighted by Crippen LogP contribution is -2.39. The maximum atomic E-state index is 5.93. The zero-order valence-electron chi connectivity index (χ0n) is 13.3. The number of aromatic nitrogens is 4. The van der Waals surface area contributed by atoms with Gasteiger partial charge < -0.3 is 9.64 Å². The van der Waals surface area contributed by atoms with E-state index in [1.165, 1.54) is 5.56 Å². The number of nitrogens with zero attached hydrogens (tertiary/aromatic N) is 5. The minimum atomic E-state index is 0.249. The molecular formula is C16H23N5O. The fourth-order valence-electron chi connectivity index (χ4n) is 2.75. The van der Waals surface area contributed by atoms with E-state index in [1.54, 1.807) is 12.4 Å². The summed E-state index contributed by atoms with van der Waals surface area (Å²) >= 11 is 0. The van der Waals surface area contributed by atoms with Gasteiger partial charge in [-0.1, -0.05) is 0 Å². The van der Waals surface area contributed by atoms with Gasteiger partial charge in [-0.05, 0) is 32.3 Å². The molecule has 1 aliphatic rings. The van der Waals surface area contributed by atoms with Gasteiger partial charge in [0, 0.05) is 32.0 Å². The van der Waals surface area contributed by atoms with Crippen LogP contribution in [0.1, 0.15) is 24.1 Å². The van der Waals surface area contributed by atoms with Crippen molar-refractivity contribution >= 4 is 0 Å². The van der Waals surface area contributed by atoms with Crippen molar-refractivity contribution in [3.63, 3.8) is 0 Å². The molecule has 0 bridgehead atoms. The summed E-state index contributed by atoms with van der Waals surface area (Å²) in [6.45, 7) is 8.11.